The van der Waals surface area contributed by atoms with Crippen molar-refractivity contribution in [1.82, 2.24) is 5.43 Å². The lowest BCUT2D eigenvalue weighted by molar-refractivity contribution is 0.252. The summed E-state index contributed by atoms with van der Waals surface area (Å²) in [6.07, 6.45) is 0.661. The maximum Gasteiger partial charge on any atom is 0.339 e. The fourth-order valence-electron chi connectivity index (χ4n) is 2.27. The summed E-state index contributed by atoms with van der Waals surface area (Å²) >= 11 is 0. The van der Waals surface area contributed by atoms with Gasteiger partial charge < -0.3 is 10.4 Å². The molecule has 0 spiro atoms. The Balaban J connectivity index is 2.08. The van der Waals surface area contributed by atoms with Crippen LogP contribution in [-0.2, 0) is 0 Å². The van der Waals surface area contributed by atoms with Gasteiger partial charge >= 0.3 is 6.03 Å². The Morgan fingerprint density at radius 2 is 1.70 bits per heavy atom. The van der Waals surface area contributed by atoms with Gasteiger partial charge in [-0.2, -0.15) is 5.10 Å². The summed E-state index contributed by atoms with van der Waals surface area (Å²) in [4.78, 5) is 12.1. The van der Waals surface area contributed by atoms with E-state index in [0.29, 0.717) is 6.42 Å². The third-order valence-corrected chi connectivity index (χ3v) is 3.55. The molecule has 2 aromatic rings. The molecule has 5 nitrogen and oxygen atoms in total. The van der Waals surface area contributed by atoms with Crippen LogP contribution in [0.3, 0.4) is 0 Å². The molecule has 2 aromatic carbocycles. The summed E-state index contributed by atoms with van der Waals surface area (Å²) in [6.45, 7) is 5.84. The van der Waals surface area contributed by atoms with Gasteiger partial charge in [-0.05, 0) is 61.2 Å². The van der Waals surface area contributed by atoms with Crippen molar-refractivity contribution in [3.63, 3.8) is 0 Å². The van der Waals surface area contributed by atoms with Crippen LogP contribution in [0.4, 0.5) is 10.5 Å². The Labute approximate surface area is 136 Å². The molecule has 0 saturated heterocycles. The summed E-state index contributed by atoms with van der Waals surface area (Å²) in [5.41, 5.74) is 6.91. The average Bonchev–Trinajstić information content (AvgIpc) is 2.53. The molecule has 23 heavy (non-hydrogen) atoms. The number of para-hydroxylation sites is 1. The van der Waals surface area contributed by atoms with E-state index in [0.717, 1.165) is 28.1 Å². The minimum absolute atomic E-state index is 0.199. The van der Waals surface area contributed by atoms with Crippen LogP contribution in [0.5, 0.6) is 5.75 Å². The van der Waals surface area contributed by atoms with E-state index in [9.17, 15) is 9.90 Å². The topological polar surface area (TPSA) is 73.7 Å². The van der Waals surface area contributed by atoms with Crippen LogP contribution in [0.25, 0.3) is 0 Å². The first-order chi connectivity index (χ1) is 11.0. The molecule has 0 radical (unpaired) electrons. The van der Waals surface area contributed by atoms with E-state index in [2.05, 4.69) is 15.8 Å². The van der Waals surface area contributed by atoms with Crippen molar-refractivity contribution >= 4 is 17.4 Å². The molecule has 0 aliphatic carbocycles. The molecule has 2 rings (SSSR count). The van der Waals surface area contributed by atoms with E-state index >= 15 is 0 Å². The number of phenolic OH excluding ortho intramolecular Hbond substituents is 1. The first-order valence-corrected chi connectivity index (χ1v) is 7.50. The van der Waals surface area contributed by atoms with Crippen molar-refractivity contribution in [2.45, 2.75) is 27.2 Å². The van der Waals surface area contributed by atoms with Gasteiger partial charge in [0.05, 0.1) is 5.71 Å². The van der Waals surface area contributed by atoms with Crippen LogP contribution in [0.1, 0.15) is 30.0 Å². The Morgan fingerprint density at radius 3 is 2.26 bits per heavy atom. The normalized spacial score (nSPS) is 11.2. The van der Waals surface area contributed by atoms with Crippen LogP contribution in [-0.4, -0.2) is 16.8 Å². The van der Waals surface area contributed by atoms with Crippen LogP contribution >= 0.6 is 0 Å². The monoisotopic (exact) mass is 311 g/mol. The van der Waals surface area contributed by atoms with Crippen molar-refractivity contribution in [3.05, 3.63) is 59.2 Å². The van der Waals surface area contributed by atoms with Crippen LogP contribution < -0.4 is 10.7 Å². The summed E-state index contributed by atoms with van der Waals surface area (Å²) in [5.74, 6) is 0.199. The second-order valence-corrected chi connectivity index (χ2v) is 5.29. The third kappa shape index (κ3) is 4.32. The fraction of sp³-hybridized carbons (Fsp3) is 0.222. The quantitative estimate of drug-likeness (QED) is 0.591. The number of amides is 2. The van der Waals surface area contributed by atoms with Crippen molar-refractivity contribution in [2.24, 2.45) is 5.10 Å². The number of phenols is 1. The van der Waals surface area contributed by atoms with Crippen molar-refractivity contribution < 1.29 is 9.90 Å². The van der Waals surface area contributed by atoms with Gasteiger partial charge in [-0.1, -0.05) is 25.1 Å². The van der Waals surface area contributed by atoms with Gasteiger partial charge in [0.15, 0.2) is 0 Å². The van der Waals surface area contributed by atoms with Gasteiger partial charge in [0, 0.05) is 5.69 Å². The number of aromatic hydroxyl groups is 1. The number of aryl methyl sites for hydroxylation is 2. The number of hydrogen-bond donors (Lipinski definition) is 3. The summed E-state index contributed by atoms with van der Waals surface area (Å²) in [6, 6.07) is 12.2. The number of carbonyl (C=O) groups excluding carboxylic acids is 1. The number of anilines is 1. The molecule has 3 N–H and O–H groups in total. The smallest absolute Gasteiger partial charge is 0.339 e. The Hall–Kier alpha value is -2.82. The number of nitrogens with zero attached hydrogens (tertiary/aromatic N) is 1. The summed E-state index contributed by atoms with van der Waals surface area (Å²) in [5, 5.41) is 16.3. The Kier molecular flexibility index (Phi) is 5.36. The molecule has 5 heteroatoms. The Bertz CT molecular complexity index is 701. The number of nitrogens with one attached hydrogen (secondary N) is 2. The molecular weight excluding hydrogens is 290 g/mol. The third-order valence-electron chi connectivity index (χ3n) is 3.55. The second kappa shape index (κ2) is 7.45. The highest BCUT2D eigenvalue weighted by Crippen LogP contribution is 2.19. The predicted molar refractivity (Wildman–Crippen MR) is 93.0 cm³/mol. The Morgan fingerprint density at radius 1 is 1.09 bits per heavy atom. The largest absolute Gasteiger partial charge is 0.508 e. The molecule has 120 valence electrons. The van der Waals surface area contributed by atoms with Gasteiger partial charge in [0.2, 0.25) is 0 Å². The number of urea groups is 1. The van der Waals surface area contributed by atoms with E-state index in [1.165, 1.54) is 0 Å². The molecule has 0 heterocycles. The van der Waals surface area contributed by atoms with Gasteiger partial charge in [-0.15, -0.1) is 0 Å². The lowest BCUT2D eigenvalue weighted by Crippen LogP contribution is -2.26. The van der Waals surface area contributed by atoms with Crippen molar-refractivity contribution in [2.75, 3.05) is 5.32 Å². The van der Waals surface area contributed by atoms with E-state index < -0.39 is 0 Å². The molecule has 0 aliphatic heterocycles. The number of rotatable bonds is 4. The first kappa shape index (κ1) is 16.5. The van der Waals surface area contributed by atoms with E-state index in [1.54, 1.807) is 24.3 Å². The number of hydrogen-bond acceptors (Lipinski definition) is 3. The van der Waals surface area contributed by atoms with Crippen LogP contribution in [0.15, 0.2) is 47.6 Å². The summed E-state index contributed by atoms with van der Waals surface area (Å²) < 4.78 is 0. The van der Waals surface area contributed by atoms with E-state index in [4.69, 9.17) is 0 Å². The fourth-order valence-corrected chi connectivity index (χ4v) is 2.27. The van der Waals surface area contributed by atoms with Gasteiger partial charge in [0.25, 0.3) is 0 Å². The molecule has 0 bridgehead atoms. The maximum absolute atomic E-state index is 12.1. The zero-order valence-corrected chi connectivity index (χ0v) is 13.6. The number of carbonyl (C=O) groups is 1. The number of hydrazone groups is 1. The molecule has 0 fully saturated rings. The predicted octanol–water partition coefficient (Wildman–Crippen LogP) is 3.94. The molecule has 0 unspecified atom stereocenters. The molecule has 2 amide bonds. The van der Waals surface area contributed by atoms with E-state index in [-0.39, 0.29) is 11.8 Å². The SMILES string of the molecule is CCC(=NNC(=O)Nc1c(C)cccc1C)c1ccc(O)cc1. The highest BCUT2D eigenvalue weighted by Gasteiger charge is 2.07. The molecule has 0 saturated carbocycles. The maximum atomic E-state index is 12.1. The van der Waals surface area contributed by atoms with Crippen LogP contribution in [0.2, 0.25) is 0 Å². The van der Waals surface area contributed by atoms with E-state index in [1.807, 2.05) is 39.0 Å². The molecule has 0 atom stereocenters. The lowest BCUT2D eigenvalue weighted by atomic mass is 10.1. The highest BCUT2D eigenvalue weighted by atomic mass is 16.3. The minimum atomic E-state index is -0.382. The molecule has 0 aliphatic rings. The minimum Gasteiger partial charge on any atom is -0.508 e. The second-order valence-electron chi connectivity index (χ2n) is 5.29. The molecule has 0 aromatic heterocycles. The first-order valence-electron chi connectivity index (χ1n) is 7.50. The van der Waals surface area contributed by atoms with Gasteiger partial charge in [-0.25, -0.2) is 10.2 Å². The van der Waals surface area contributed by atoms with Crippen molar-refractivity contribution in [3.8, 4) is 5.75 Å². The zero-order chi connectivity index (χ0) is 16.8. The number of benzene rings is 2. The zero-order valence-electron chi connectivity index (χ0n) is 13.6. The lowest BCUT2D eigenvalue weighted by Gasteiger charge is -2.11. The van der Waals surface area contributed by atoms with Crippen LogP contribution in [0, 0.1) is 13.8 Å². The summed E-state index contributed by atoms with van der Waals surface area (Å²) in [7, 11) is 0. The van der Waals surface area contributed by atoms with Gasteiger partial charge in [-0.3, -0.25) is 0 Å². The average molecular weight is 311 g/mol. The van der Waals surface area contributed by atoms with Crippen molar-refractivity contribution in [1.29, 1.82) is 0 Å². The molecular formula is C18H21N3O2. The highest BCUT2D eigenvalue weighted by molar-refractivity contribution is 6.01. The van der Waals surface area contributed by atoms with Gasteiger partial charge in [0.1, 0.15) is 5.75 Å². The standard InChI is InChI=1S/C18H21N3O2/c1-4-16(14-8-10-15(22)11-9-14)20-21-18(23)19-17-12(2)6-5-7-13(17)3/h5-11,22H,4H2,1-3H3,(H2,19,21,23).